The lowest BCUT2D eigenvalue weighted by atomic mass is 10.3. The van der Waals surface area contributed by atoms with Crippen molar-refractivity contribution in [1.29, 1.82) is 0 Å². The molecule has 0 unspecified atom stereocenters. The van der Waals surface area contributed by atoms with Crippen LogP contribution in [-0.4, -0.2) is 35.5 Å². The van der Waals surface area contributed by atoms with Gasteiger partial charge in [-0.05, 0) is 24.4 Å². The highest BCUT2D eigenvalue weighted by atomic mass is 35.5. The molecule has 1 aromatic heterocycles. The molecule has 0 amide bonds. The van der Waals surface area contributed by atoms with Crippen molar-refractivity contribution in [3.63, 3.8) is 0 Å². The molecule has 2 aliphatic rings. The Balaban J connectivity index is 1.78. The van der Waals surface area contributed by atoms with E-state index in [1.807, 2.05) is 0 Å². The van der Waals surface area contributed by atoms with Gasteiger partial charge in [0.15, 0.2) is 0 Å². The summed E-state index contributed by atoms with van der Waals surface area (Å²) in [5, 5.41) is 8.77. The van der Waals surface area contributed by atoms with Crippen LogP contribution in [-0.2, 0) is 4.74 Å². The molecular weight excluding hydrogens is 222 g/mol. The van der Waals surface area contributed by atoms with E-state index in [9.17, 15) is 0 Å². The van der Waals surface area contributed by atoms with Crippen LogP contribution in [0.4, 0.5) is 5.13 Å². The minimum atomic E-state index is 0.135. The van der Waals surface area contributed by atoms with Crippen LogP contribution in [0.5, 0.6) is 0 Å². The van der Waals surface area contributed by atoms with E-state index >= 15 is 0 Å². The summed E-state index contributed by atoms with van der Waals surface area (Å²) in [6.07, 6.45) is 2.35. The standard InChI is InChI=1S/C8H10ClN3OS/c9-6-10-11-7(14-6)12-3-4-13-8(5-12)1-2-8/h1-5H2. The highest BCUT2D eigenvalue weighted by molar-refractivity contribution is 7.19. The SMILES string of the molecule is Clc1nnc(N2CCOC3(CC3)C2)s1. The van der Waals surface area contributed by atoms with Crippen LogP contribution in [0.1, 0.15) is 12.8 Å². The van der Waals surface area contributed by atoms with E-state index in [-0.39, 0.29) is 5.60 Å². The molecule has 1 aliphatic carbocycles. The summed E-state index contributed by atoms with van der Waals surface area (Å²) in [6.45, 7) is 2.63. The summed E-state index contributed by atoms with van der Waals surface area (Å²) >= 11 is 7.19. The maximum atomic E-state index is 5.75. The molecule has 0 bridgehead atoms. The molecule has 1 saturated carbocycles. The molecule has 1 spiro atoms. The summed E-state index contributed by atoms with van der Waals surface area (Å²) < 4.78 is 6.23. The number of morpholine rings is 1. The quantitative estimate of drug-likeness (QED) is 0.735. The first-order chi connectivity index (χ1) is 6.77. The zero-order chi connectivity index (χ0) is 9.60. The molecule has 1 aliphatic heterocycles. The Morgan fingerprint density at radius 1 is 1.43 bits per heavy atom. The zero-order valence-corrected chi connectivity index (χ0v) is 9.14. The van der Waals surface area contributed by atoms with Crippen LogP contribution < -0.4 is 4.90 Å². The van der Waals surface area contributed by atoms with Gasteiger partial charge in [0.1, 0.15) is 0 Å². The molecule has 6 heteroatoms. The fourth-order valence-electron chi connectivity index (χ4n) is 1.78. The average molecular weight is 232 g/mol. The Kier molecular flexibility index (Phi) is 1.93. The molecule has 1 aromatic rings. The van der Waals surface area contributed by atoms with Gasteiger partial charge < -0.3 is 9.64 Å². The highest BCUT2D eigenvalue weighted by Crippen LogP contribution is 2.43. The van der Waals surface area contributed by atoms with E-state index < -0.39 is 0 Å². The van der Waals surface area contributed by atoms with E-state index in [2.05, 4.69) is 15.1 Å². The molecule has 0 radical (unpaired) electrons. The number of halogens is 1. The van der Waals surface area contributed by atoms with Crippen molar-refractivity contribution in [2.24, 2.45) is 0 Å². The van der Waals surface area contributed by atoms with E-state index in [0.717, 1.165) is 24.8 Å². The third-order valence-corrected chi connectivity index (χ3v) is 3.80. The van der Waals surface area contributed by atoms with Crippen molar-refractivity contribution in [3.8, 4) is 0 Å². The van der Waals surface area contributed by atoms with Gasteiger partial charge in [0.2, 0.25) is 9.60 Å². The predicted octanol–water partition coefficient (Wildman–Crippen LogP) is 1.56. The lowest BCUT2D eigenvalue weighted by Gasteiger charge is -2.32. The predicted molar refractivity (Wildman–Crippen MR) is 55.0 cm³/mol. The summed E-state index contributed by atoms with van der Waals surface area (Å²) in [6, 6.07) is 0. The summed E-state index contributed by atoms with van der Waals surface area (Å²) in [5.41, 5.74) is 0.135. The lowest BCUT2D eigenvalue weighted by molar-refractivity contribution is 0.0206. The summed E-state index contributed by atoms with van der Waals surface area (Å²) in [5.74, 6) is 0. The third-order valence-electron chi connectivity index (χ3n) is 2.72. The Bertz CT molecular complexity index is 352. The molecule has 0 N–H and O–H groups in total. The molecule has 2 heterocycles. The topological polar surface area (TPSA) is 38.2 Å². The Labute approximate surface area is 90.8 Å². The number of nitrogens with zero attached hydrogens (tertiary/aromatic N) is 3. The Hall–Kier alpha value is -0.390. The second kappa shape index (κ2) is 3.05. The molecule has 1 saturated heterocycles. The maximum Gasteiger partial charge on any atom is 0.209 e. The van der Waals surface area contributed by atoms with E-state index in [1.165, 1.54) is 24.2 Å². The van der Waals surface area contributed by atoms with Crippen LogP contribution in [0.25, 0.3) is 0 Å². The smallest absolute Gasteiger partial charge is 0.209 e. The molecule has 4 nitrogen and oxygen atoms in total. The Morgan fingerprint density at radius 3 is 2.93 bits per heavy atom. The summed E-state index contributed by atoms with van der Waals surface area (Å²) in [4.78, 5) is 2.22. The van der Waals surface area contributed by atoms with Crippen LogP contribution >= 0.6 is 22.9 Å². The monoisotopic (exact) mass is 231 g/mol. The Morgan fingerprint density at radius 2 is 2.29 bits per heavy atom. The first-order valence-corrected chi connectivity index (χ1v) is 5.85. The molecule has 2 fully saturated rings. The molecule has 0 atom stereocenters. The normalized spacial score (nSPS) is 24.2. The van der Waals surface area contributed by atoms with E-state index in [1.54, 1.807) is 0 Å². The zero-order valence-electron chi connectivity index (χ0n) is 7.57. The molecular formula is C8H10ClN3OS. The number of anilines is 1. The van der Waals surface area contributed by atoms with Crippen LogP contribution in [0, 0.1) is 0 Å². The highest BCUT2D eigenvalue weighted by Gasteiger charge is 2.47. The second-order valence-corrected chi connectivity index (χ2v) is 5.33. The third kappa shape index (κ3) is 1.49. The first-order valence-electron chi connectivity index (χ1n) is 4.65. The molecule has 14 heavy (non-hydrogen) atoms. The number of ether oxygens (including phenoxy) is 1. The number of hydrogen-bond acceptors (Lipinski definition) is 5. The number of rotatable bonds is 1. The minimum absolute atomic E-state index is 0.135. The van der Waals surface area contributed by atoms with Crippen molar-refractivity contribution in [1.82, 2.24) is 10.2 Å². The number of aromatic nitrogens is 2. The van der Waals surface area contributed by atoms with Gasteiger partial charge in [0.25, 0.3) is 0 Å². The second-order valence-electron chi connectivity index (χ2n) is 3.79. The lowest BCUT2D eigenvalue weighted by Crippen LogP contribution is -2.43. The van der Waals surface area contributed by atoms with Gasteiger partial charge in [0, 0.05) is 13.1 Å². The van der Waals surface area contributed by atoms with Crippen molar-refractivity contribution >= 4 is 28.1 Å². The van der Waals surface area contributed by atoms with E-state index in [0.29, 0.717) is 4.47 Å². The van der Waals surface area contributed by atoms with Crippen molar-refractivity contribution in [2.45, 2.75) is 18.4 Å². The van der Waals surface area contributed by atoms with Gasteiger partial charge in [-0.15, -0.1) is 10.2 Å². The van der Waals surface area contributed by atoms with Gasteiger partial charge in [-0.1, -0.05) is 11.3 Å². The summed E-state index contributed by atoms with van der Waals surface area (Å²) in [7, 11) is 0. The average Bonchev–Trinajstić information content (AvgIpc) is 2.78. The molecule has 76 valence electrons. The first kappa shape index (κ1) is 8.88. The van der Waals surface area contributed by atoms with Crippen molar-refractivity contribution in [2.75, 3.05) is 24.6 Å². The van der Waals surface area contributed by atoms with Gasteiger partial charge in [-0.2, -0.15) is 0 Å². The van der Waals surface area contributed by atoms with Gasteiger partial charge >= 0.3 is 0 Å². The fourth-order valence-corrected chi connectivity index (χ4v) is 2.62. The molecule has 0 aromatic carbocycles. The van der Waals surface area contributed by atoms with Crippen LogP contribution in [0.2, 0.25) is 4.47 Å². The van der Waals surface area contributed by atoms with Gasteiger partial charge in [-0.3, -0.25) is 0 Å². The van der Waals surface area contributed by atoms with Crippen molar-refractivity contribution < 1.29 is 4.74 Å². The van der Waals surface area contributed by atoms with Crippen LogP contribution in [0.15, 0.2) is 0 Å². The van der Waals surface area contributed by atoms with E-state index in [4.69, 9.17) is 16.3 Å². The largest absolute Gasteiger partial charge is 0.371 e. The van der Waals surface area contributed by atoms with Gasteiger partial charge in [-0.25, -0.2) is 0 Å². The maximum absolute atomic E-state index is 5.75. The van der Waals surface area contributed by atoms with Gasteiger partial charge in [0.05, 0.1) is 12.2 Å². The molecule has 3 rings (SSSR count). The van der Waals surface area contributed by atoms with Crippen molar-refractivity contribution in [3.05, 3.63) is 4.47 Å². The fraction of sp³-hybridized carbons (Fsp3) is 0.750. The minimum Gasteiger partial charge on any atom is -0.371 e. The van der Waals surface area contributed by atoms with Crippen LogP contribution in [0.3, 0.4) is 0 Å². The number of hydrogen-bond donors (Lipinski definition) is 0.